The molecule has 0 aromatic heterocycles. The molecule has 0 radical (unpaired) electrons. The van der Waals surface area contributed by atoms with E-state index in [4.69, 9.17) is 4.74 Å². The fourth-order valence-electron chi connectivity index (χ4n) is 13.2. The quantitative estimate of drug-likeness (QED) is 0.414. The zero-order valence-corrected chi connectivity index (χ0v) is 27.1. The van der Waals surface area contributed by atoms with Gasteiger partial charge < -0.3 is 19.8 Å². The number of ether oxygens (including phenoxy) is 1. The molecule has 7 rings (SSSR count). The van der Waals surface area contributed by atoms with Crippen molar-refractivity contribution in [3.8, 4) is 0 Å². The van der Waals surface area contributed by atoms with Crippen LogP contribution in [-0.4, -0.2) is 52.0 Å². The minimum Gasteiger partial charge on any atom is -0.393 e. The highest BCUT2D eigenvalue weighted by Crippen LogP contribution is 2.89. The monoisotopic (exact) mass is 577 g/mol. The maximum Gasteiger partial charge on any atom is 0.220 e. The first kappa shape index (κ1) is 29.3. The number of amides is 1. The van der Waals surface area contributed by atoms with Crippen LogP contribution in [0.15, 0.2) is 30.3 Å². The van der Waals surface area contributed by atoms with Gasteiger partial charge in [0.2, 0.25) is 5.91 Å². The van der Waals surface area contributed by atoms with E-state index in [-0.39, 0.29) is 46.5 Å². The Labute approximate surface area is 253 Å². The Kier molecular flexibility index (Phi) is 6.48. The van der Waals surface area contributed by atoms with E-state index in [0.29, 0.717) is 41.0 Å². The topological polar surface area (TPSA) is 70.0 Å². The van der Waals surface area contributed by atoms with Crippen LogP contribution in [0.5, 0.6) is 0 Å². The number of carbonyl (C=O) groups excluding carboxylic acids is 1. The lowest BCUT2D eigenvalue weighted by Gasteiger charge is -2.63. The van der Waals surface area contributed by atoms with Crippen LogP contribution in [0.3, 0.4) is 0 Å². The van der Waals surface area contributed by atoms with Crippen LogP contribution < -0.4 is 0 Å². The Hall–Kier alpha value is -1.43. The van der Waals surface area contributed by atoms with Gasteiger partial charge >= 0.3 is 0 Å². The molecule has 13 atom stereocenters. The summed E-state index contributed by atoms with van der Waals surface area (Å²) in [6.07, 6.45) is 8.14. The van der Waals surface area contributed by atoms with Crippen molar-refractivity contribution in [3.05, 3.63) is 35.9 Å². The standard InChI is InChI=1S/C37H55NO4/c1-22-19-26(20-38(24(3)39)23(2)25-11-9-8-10-12-25)42-31-30(22)34(6)17-18-37-21-36(37)16-15-29(40)33(4,5)27(36)13-14-28(37)35(34,7)32(31)41/h8-12,22-23,26-32,40-41H,13-21H2,1-7H3/t22-,23?,26?,27+,28?,29?,30+,31?,32+,34?,35-,36?,37?/m1/s1. The van der Waals surface area contributed by atoms with E-state index in [1.165, 1.54) is 25.7 Å². The van der Waals surface area contributed by atoms with E-state index in [9.17, 15) is 15.0 Å². The molecule has 1 amide bonds. The third-order valence-corrected chi connectivity index (χ3v) is 15.4. The van der Waals surface area contributed by atoms with Crippen LogP contribution in [-0.2, 0) is 9.53 Å². The number of nitrogens with zero attached hydrogens (tertiary/aromatic N) is 1. The fraction of sp³-hybridized carbons (Fsp3) is 0.811. The molecule has 1 saturated heterocycles. The molecular formula is C37H55NO4. The number of aliphatic hydroxyl groups is 2. The van der Waals surface area contributed by atoms with E-state index in [0.717, 1.165) is 31.2 Å². The van der Waals surface area contributed by atoms with Crippen LogP contribution >= 0.6 is 0 Å². The zero-order valence-electron chi connectivity index (χ0n) is 27.1. The summed E-state index contributed by atoms with van der Waals surface area (Å²) >= 11 is 0. The molecule has 2 N–H and O–H groups in total. The second-order valence-electron chi connectivity index (χ2n) is 16.9. The predicted octanol–water partition coefficient (Wildman–Crippen LogP) is 6.77. The maximum atomic E-state index is 12.9. The zero-order chi connectivity index (χ0) is 30.0. The normalized spacial score (nSPS) is 50.8. The molecule has 1 aromatic rings. The van der Waals surface area contributed by atoms with E-state index in [1.807, 2.05) is 23.1 Å². The summed E-state index contributed by atoms with van der Waals surface area (Å²) in [5.41, 5.74) is 1.63. The molecule has 5 aliphatic carbocycles. The lowest BCUT2D eigenvalue weighted by molar-refractivity contribution is -0.182. The van der Waals surface area contributed by atoms with Crippen LogP contribution in [0.2, 0.25) is 0 Å². The molecule has 232 valence electrons. The number of hydrogen-bond acceptors (Lipinski definition) is 4. The van der Waals surface area contributed by atoms with Crippen LogP contribution in [0, 0.1) is 50.7 Å². The first-order valence-corrected chi connectivity index (χ1v) is 17.1. The average molecular weight is 578 g/mol. The molecule has 42 heavy (non-hydrogen) atoms. The lowest BCUT2D eigenvalue weighted by Crippen LogP contribution is -2.59. The molecule has 1 heterocycles. The summed E-state index contributed by atoms with van der Waals surface area (Å²) in [6.45, 7) is 16.3. The summed E-state index contributed by atoms with van der Waals surface area (Å²) < 4.78 is 6.98. The van der Waals surface area contributed by atoms with Crippen molar-refractivity contribution < 1.29 is 19.7 Å². The van der Waals surface area contributed by atoms with Gasteiger partial charge in [0.25, 0.3) is 0 Å². The van der Waals surface area contributed by atoms with Crippen molar-refractivity contribution in [2.75, 3.05) is 6.54 Å². The Bertz CT molecular complexity index is 1230. The second kappa shape index (κ2) is 9.30. The third kappa shape index (κ3) is 3.51. The molecule has 5 nitrogen and oxygen atoms in total. The van der Waals surface area contributed by atoms with Gasteiger partial charge in [-0.1, -0.05) is 65.0 Å². The van der Waals surface area contributed by atoms with Gasteiger partial charge in [0.15, 0.2) is 0 Å². The highest BCUT2D eigenvalue weighted by Gasteiger charge is 2.84. The first-order chi connectivity index (χ1) is 19.7. The Morgan fingerprint density at radius 2 is 1.67 bits per heavy atom. The van der Waals surface area contributed by atoms with Gasteiger partial charge in [-0.3, -0.25) is 4.79 Å². The molecule has 5 saturated carbocycles. The predicted molar refractivity (Wildman–Crippen MR) is 164 cm³/mol. The summed E-state index contributed by atoms with van der Waals surface area (Å²) in [4.78, 5) is 14.9. The minimum absolute atomic E-state index is 0.0224. The molecule has 6 fully saturated rings. The van der Waals surface area contributed by atoms with E-state index in [1.54, 1.807) is 6.92 Å². The SMILES string of the molecule is CC(=O)N(CC1C[C@@H](C)[C@H]2C(O1)[C@H](O)[C@@]1(C)C3CC[C@H]4C(C)(C)C(O)CCC45CC35CCC21C)C(C)c1ccccc1. The van der Waals surface area contributed by atoms with Gasteiger partial charge in [0, 0.05) is 18.9 Å². The molecule has 1 aromatic carbocycles. The smallest absolute Gasteiger partial charge is 0.220 e. The number of rotatable bonds is 4. The Morgan fingerprint density at radius 1 is 1.00 bits per heavy atom. The average Bonchev–Trinajstić information content (AvgIpc) is 3.59. The largest absolute Gasteiger partial charge is 0.393 e. The van der Waals surface area contributed by atoms with Crippen molar-refractivity contribution in [3.63, 3.8) is 0 Å². The number of benzene rings is 1. The molecule has 1 aliphatic heterocycles. The maximum absolute atomic E-state index is 12.9. The number of aliphatic hydroxyl groups excluding tert-OH is 2. The molecule has 2 spiro atoms. The fourth-order valence-corrected chi connectivity index (χ4v) is 13.2. The molecule has 0 bridgehead atoms. The van der Waals surface area contributed by atoms with Crippen molar-refractivity contribution in [2.45, 2.75) is 130 Å². The van der Waals surface area contributed by atoms with Gasteiger partial charge in [-0.05, 0) is 109 Å². The highest BCUT2D eigenvalue weighted by atomic mass is 16.5. The van der Waals surface area contributed by atoms with E-state index in [2.05, 4.69) is 53.7 Å². The van der Waals surface area contributed by atoms with Crippen molar-refractivity contribution in [1.29, 1.82) is 0 Å². The van der Waals surface area contributed by atoms with Crippen LogP contribution in [0.25, 0.3) is 0 Å². The molecule has 6 aliphatic rings. The Balaban J connectivity index is 1.16. The number of carbonyl (C=O) groups is 1. The summed E-state index contributed by atoms with van der Waals surface area (Å²) in [7, 11) is 0. The molecule has 5 heteroatoms. The van der Waals surface area contributed by atoms with Gasteiger partial charge in [0.1, 0.15) is 0 Å². The highest BCUT2D eigenvalue weighted by molar-refractivity contribution is 5.73. The van der Waals surface area contributed by atoms with Crippen molar-refractivity contribution in [1.82, 2.24) is 4.90 Å². The van der Waals surface area contributed by atoms with Crippen LogP contribution in [0.1, 0.15) is 111 Å². The molecule has 8 unspecified atom stereocenters. The van der Waals surface area contributed by atoms with Crippen molar-refractivity contribution in [2.24, 2.45) is 50.7 Å². The van der Waals surface area contributed by atoms with Gasteiger partial charge in [-0.25, -0.2) is 0 Å². The van der Waals surface area contributed by atoms with E-state index < -0.39 is 6.10 Å². The van der Waals surface area contributed by atoms with Crippen molar-refractivity contribution >= 4 is 5.91 Å². The minimum atomic E-state index is -0.492. The van der Waals surface area contributed by atoms with E-state index >= 15 is 0 Å². The summed E-state index contributed by atoms with van der Waals surface area (Å²) in [5.74, 6) is 1.93. The third-order valence-electron chi connectivity index (χ3n) is 15.4. The first-order valence-electron chi connectivity index (χ1n) is 17.1. The molecular weight excluding hydrogens is 522 g/mol. The summed E-state index contributed by atoms with van der Waals surface area (Å²) in [6, 6.07) is 10.3. The lowest BCUT2D eigenvalue weighted by atomic mass is 9.41. The Morgan fingerprint density at radius 3 is 2.36 bits per heavy atom. The van der Waals surface area contributed by atoms with Crippen LogP contribution in [0.4, 0.5) is 0 Å². The van der Waals surface area contributed by atoms with Gasteiger partial charge in [-0.15, -0.1) is 0 Å². The number of hydrogen-bond donors (Lipinski definition) is 2. The number of fused-ring (bicyclic) bond motifs is 4. The second-order valence-corrected chi connectivity index (χ2v) is 16.9. The van der Waals surface area contributed by atoms with Gasteiger partial charge in [0.05, 0.1) is 30.5 Å². The summed E-state index contributed by atoms with van der Waals surface area (Å²) in [5, 5.41) is 23.5. The van der Waals surface area contributed by atoms with Gasteiger partial charge in [-0.2, -0.15) is 0 Å².